The fourth-order valence-corrected chi connectivity index (χ4v) is 1.85. The Labute approximate surface area is 80.3 Å². The Kier molecular flexibility index (Phi) is 1.84. The second-order valence-electron chi connectivity index (χ2n) is 2.99. The summed E-state index contributed by atoms with van der Waals surface area (Å²) in [6.07, 6.45) is 2.01. The van der Waals surface area contributed by atoms with Crippen molar-refractivity contribution in [2.75, 3.05) is 0 Å². The molecule has 3 nitrogen and oxygen atoms in total. The van der Waals surface area contributed by atoms with Crippen LogP contribution in [0.4, 0.5) is 0 Å². The van der Waals surface area contributed by atoms with Crippen molar-refractivity contribution in [3.8, 4) is 16.5 Å². The summed E-state index contributed by atoms with van der Waals surface area (Å²) in [6, 6.07) is 2.05. The molecule has 0 saturated heterocycles. The highest BCUT2D eigenvalue weighted by molar-refractivity contribution is 7.13. The zero-order valence-corrected chi connectivity index (χ0v) is 8.30. The van der Waals surface area contributed by atoms with Crippen LogP contribution >= 0.6 is 11.3 Å². The molecule has 4 heteroatoms. The molecule has 2 aromatic rings. The third-order valence-electron chi connectivity index (χ3n) is 1.99. The fraction of sp³-hybridized carbons (Fsp3) is 0.222. The summed E-state index contributed by atoms with van der Waals surface area (Å²) in [5, 5.41) is 11.6. The van der Waals surface area contributed by atoms with E-state index in [0.29, 0.717) is 0 Å². The fourth-order valence-electron chi connectivity index (χ4n) is 1.19. The van der Waals surface area contributed by atoms with Crippen molar-refractivity contribution in [1.29, 1.82) is 0 Å². The van der Waals surface area contributed by atoms with Gasteiger partial charge in [-0.2, -0.15) is 0 Å². The highest BCUT2D eigenvalue weighted by Crippen LogP contribution is 2.27. The van der Waals surface area contributed by atoms with Gasteiger partial charge in [-0.05, 0) is 13.0 Å². The molecule has 0 aliphatic carbocycles. The number of aryl methyl sites for hydroxylation is 2. The Morgan fingerprint density at radius 2 is 2.31 bits per heavy atom. The Balaban J connectivity index is 2.46. The van der Waals surface area contributed by atoms with E-state index in [2.05, 4.69) is 11.1 Å². The monoisotopic (exact) mass is 194 g/mol. The maximum Gasteiger partial charge on any atom is 0.222 e. The van der Waals surface area contributed by atoms with E-state index < -0.39 is 0 Å². The van der Waals surface area contributed by atoms with Crippen LogP contribution in [0.5, 0.6) is 5.88 Å². The van der Waals surface area contributed by atoms with E-state index in [0.717, 1.165) is 10.6 Å². The third kappa shape index (κ3) is 1.45. The van der Waals surface area contributed by atoms with E-state index in [1.165, 1.54) is 17.0 Å². The molecule has 0 aliphatic heterocycles. The van der Waals surface area contributed by atoms with Crippen LogP contribution in [0.1, 0.15) is 5.69 Å². The van der Waals surface area contributed by atoms with Gasteiger partial charge in [0.2, 0.25) is 5.88 Å². The lowest BCUT2D eigenvalue weighted by molar-refractivity contribution is 0.458. The van der Waals surface area contributed by atoms with Crippen LogP contribution < -0.4 is 0 Å². The second-order valence-corrected chi connectivity index (χ2v) is 3.85. The van der Waals surface area contributed by atoms with Crippen molar-refractivity contribution in [1.82, 2.24) is 9.55 Å². The normalized spacial score (nSPS) is 10.6. The third-order valence-corrected chi connectivity index (χ3v) is 2.87. The molecule has 2 rings (SSSR count). The molecule has 2 heterocycles. The first-order valence-corrected chi connectivity index (χ1v) is 4.82. The van der Waals surface area contributed by atoms with Crippen LogP contribution in [0.15, 0.2) is 17.6 Å². The van der Waals surface area contributed by atoms with E-state index >= 15 is 0 Å². The van der Waals surface area contributed by atoms with Crippen LogP contribution in [0.2, 0.25) is 0 Å². The average Bonchev–Trinajstić information content (AvgIpc) is 2.61. The molecule has 0 aromatic carbocycles. The van der Waals surface area contributed by atoms with Gasteiger partial charge < -0.3 is 9.67 Å². The minimum absolute atomic E-state index is 0.0986. The lowest BCUT2D eigenvalue weighted by Gasteiger charge is -1.90. The van der Waals surface area contributed by atoms with E-state index in [-0.39, 0.29) is 5.88 Å². The summed E-state index contributed by atoms with van der Waals surface area (Å²) in [5.74, 6) is 0.0986. The zero-order chi connectivity index (χ0) is 9.42. The van der Waals surface area contributed by atoms with E-state index in [4.69, 9.17) is 5.11 Å². The number of hydrogen-bond donors (Lipinski definition) is 1. The zero-order valence-electron chi connectivity index (χ0n) is 7.48. The molecule has 0 fully saturated rings. The smallest absolute Gasteiger partial charge is 0.222 e. The summed E-state index contributed by atoms with van der Waals surface area (Å²) in [6.45, 7) is 2.04. The predicted octanol–water partition coefficient (Wildman–Crippen LogP) is 2.16. The molecule has 1 N–H and O–H groups in total. The van der Waals surface area contributed by atoms with Gasteiger partial charge in [0.05, 0.1) is 5.38 Å². The highest BCUT2D eigenvalue weighted by atomic mass is 32.1. The Morgan fingerprint density at radius 3 is 2.77 bits per heavy atom. The van der Waals surface area contributed by atoms with Gasteiger partial charge >= 0.3 is 0 Å². The van der Waals surface area contributed by atoms with Crippen LogP contribution in [-0.2, 0) is 7.05 Å². The van der Waals surface area contributed by atoms with Gasteiger partial charge in [-0.15, -0.1) is 11.3 Å². The van der Waals surface area contributed by atoms with Crippen LogP contribution in [0.25, 0.3) is 10.6 Å². The quantitative estimate of drug-likeness (QED) is 0.755. The van der Waals surface area contributed by atoms with Gasteiger partial charge in [-0.1, -0.05) is 0 Å². The minimum atomic E-state index is 0.0986. The molecular formula is C9H10N2OS. The molecule has 0 saturated carbocycles. The molecular weight excluding hydrogens is 184 g/mol. The number of nitrogens with zero attached hydrogens (tertiary/aromatic N) is 2. The number of thiazole rings is 1. The van der Waals surface area contributed by atoms with Gasteiger partial charge in [0.25, 0.3) is 0 Å². The van der Waals surface area contributed by atoms with Crippen LogP contribution in [0, 0.1) is 6.92 Å². The number of aromatic hydroxyl groups is 1. The summed E-state index contributed by atoms with van der Waals surface area (Å²) < 4.78 is 2.04. The van der Waals surface area contributed by atoms with Crippen molar-refractivity contribution in [2.45, 2.75) is 6.92 Å². The molecule has 0 unspecified atom stereocenters. The predicted molar refractivity (Wildman–Crippen MR) is 52.9 cm³/mol. The standard InChI is InChI=1S/C9H10N2OS/c1-6-3-7(4-11(6)2)9-10-8(12)5-13-9/h3-5,12H,1-2H3. The number of aromatic nitrogens is 2. The lowest BCUT2D eigenvalue weighted by Crippen LogP contribution is -1.85. The number of rotatable bonds is 1. The van der Waals surface area contributed by atoms with Crippen molar-refractivity contribution < 1.29 is 5.11 Å². The second kappa shape index (κ2) is 2.88. The molecule has 0 radical (unpaired) electrons. The molecule has 0 aliphatic rings. The summed E-state index contributed by atoms with van der Waals surface area (Å²) >= 11 is 1.45. The van der Waals surface area contributed by atoms with Crippen molar-refractivity contribution >= 4 is 11.3 Å². The maximum atomic E-state index is 9.08. The molecule has 68 valence electrons. The SMILES string of the molecule is Cc1cc(-c2nc(O)cs2)cn1C. The summed E-state index contributed by atoms with van der Waals surface area (Å²) in [4.78, 5) is 4.00. The molecule has 2 aromatic heterocycles. The summed E-state index contributed by atoms with van der Waals surface area (Å²) in [5.41, 5.74) is 2.25. The van der Waals surface area contributed by atoms with Crippen LogP contribution in [0.3, 0.4) is 0 Å². The topological polar surface area (TPSA) is 38.1 Å². The first-order chi connectivity index (χ1) is 6.16. The van der Waals surface area contributed by atoms with E-state index in [1.807, 2.05) is 24.7 Å². The lowest BCUT2D eigenvalue weighted by atomic mass is 10.3. The van der Waals surface area contributed by atoms with Gasteiger partial charge in [-0.3, -0.25) is 0 Å². The van der Waals surface area contributed by atoms with Crippen molar-refractivity contribution in [2.24, 2.45) is 7.05 Å². The maximum absolute atomic E-state index is 9.08. The van der Waals surface area contributed by atoms with Gasteiger partial charge in [0.15, 0.2) is 0 Å². The van der Waals surface area contributed by atoms with E-state index in [9.17, 15) is 0 Å². The Morgan fingerprint density at radius 1 is 1.54 bits per heavy atom. The minimum Gasteiger partial charge on any atom is -0.493 e. The van der Waals surface area contributed by atoms with Gasteiger partial charge in [0, 0.05) is 24.5 Å². The average molecular weight is 194 g/mol. The Hall–Kier alpha value is -1.29. The van der Waals surface area contributed by atoms with Gasteiger partial charge in [-0.25, -0.2) is 4.98 Å². The molecule has 13 heavy (non-hydrogen) atoms. The first kappa shape index (κ1) is 8.31. The first-order valence-electron chi connectivity index (χ1n) is 3.94. The number of hydrogen-bond acceptors (Lipinski definition) is 3. The summed E-state index contributed by atoms with van der Waals surface area (Å²) in [7, 11) is 1.99. The van der Waals surface area contributed by atoms with E-state index in [1.54, 1.807) is 5.38 Å². The van der Waals surface area contributed by atoms with Crippen molar-refractivity contribution in [3.05, 3.63) is 23.3 Å². The largest absolute Gasteiger partial charge is 0.493 e. The van der Waals surface area contributed by atoms with Gasteiger partial charge in [0.1, 0.15) is 5.01 Å². The Bertz CT molecular complexity index is 411. The van der Waals surface area contributed by atoms with Crippen molar-refractivity contribution in [3.63, 3.8) is 0 Å². The van der Waals surface area contributed by atoms with Crippen LogP contribution in [-0.4, -0.2) is 14.7 Å². The molecule has 0 atom stereocenters. The molecule has 0 bridgehead atoms. The molecule has 0 amide bonds. The molecule has 0 spiro atoms. The highest BCUT2D eigenvalue weighted by Gasteiger charge is 2.06.